The first-order chi connectivity index (χ1) is 28.3. The molecule has 0 aliphatic carbocycles. The minimum Gasteiger partial charge on any atom is -0.344 e. The second kappa shape index (κ2) is 12.5. The Morgan fingerprint density at radius 3 is 1.75 bits per heavy atom. The predicted molar refractivity (Wildman–Crippen MR) is 240 cm³/mol. The number of benzene rings is 10. The molecule has 10 aromatic carbocycles. The van der Waals surface area contributed by atoms with Crippen LogP contribution >= 0.6 is 0 Å². The van der Waals surface area contributed by atoms with Crippen molar-refractivity contribution in [3.8, 4) is 5.69 Å². The molecule has 0 amide bonds. The van der Waals surface area contributed by atoms with Crippen molar-refractivity contribution in [3.05, 3.63) is 211 Å². The monoisotopic (exact) mass is 726 g/mol. The summed E-state index contributed by atoms with van der Waals surface area (Å²) in [5.41, 5.74) is 6.70. The van der Waals surface area contributed by atoms with E-state index >= 15 is 0 Å². The predicted octanol–water partition coefficient (Wildman–Crippen LogP) is 13.0. The molecular weight excluding hydrogens is 693 g/mol. The molecule has 266 valence electrons. The maximum atomic E-state index is 5.47. The SMILES string of the molecule is c1ccc(-n2c3ccccc3c3c4c5ccccc5c(C5N=C(c6ccc7ccccc7c6)N=C(c6ccc7ccccc7c6)N5)cc4c4ccccc4c32)cc1. The Morgan fingerprint density at radius 1 is 0.421 bits per heavy atom. The van der Waals surface area contributed by atoms with Crippen LogP contribution in [0.2, 0.25) is 0 Å². The average Bonchev–Trinajstić information content (AvgIpc) is 3.64. The summed E-state index contributed by atoms with van der Waals surface area (Å²) in [6.07, 6.45) is -0.403. The van der Waals surface area contributed by atoms with Gasteiger partial charge in [-0.15, -0.1) is 0 Å². The highest BCUT2D eigenvalue weighted by Crippen LogP contribution is 2.46. The first kappa shape index (κ1) is 31.8. The van der Waals surface area contributed by atoms with Gasteiger partial charge < -0.3 is 9.88 Å². The van der Waals surface area contributed by atoms with Gasteiger partial charge in [0.25, 0.3) is 0 Å². The first-order valence-electron chi connectivity index (χ1n) is 19.5. The van der Waals surface area contributed by atoms with Gasteiger partial charge in [0.2, 0.25) is 0 Å². The molecule has 1 aromatic heterocycles. The number of aliphatic imine (C=N–C) groups is 2. The number of hydrogen-bond acceptors (Lipinski definition) is 3. The van der Waals surface area contributed by atoms with Gasteiger partial charge in [0.05, 0.1) is 11.0 Å². The molecule has 0 radical (unpaired) electrons. The van der Waals surface area contributed by atoms with E-state index in [1.54, 1.807) is 0 Å². The molecule has 1 N–H and O–H groups in total. The number of nitrogens with one attached hydrogen (secondary N) is 1. The van der Waals surface area contributed by atoms with Crippen LogP contribution in [0.1, 0.15) is 22.9 Å². The number of nitrogens with zero attached hydrogens (tertiary/aromatic N) is 3. The number of fused-ring (bicyclic) bond motifs is 12. The van der Waals surface area contributed by atoms with Crippen molar-refractivity contribution < 1.29 is 0 Å². The molecular formula is C53H34N4. The molecule has 1 aliphatic rings. The van der Waals surface area contributed by atoms with Crippen LogP contribution in [0.25, 0.3) is 81.4 Å². The van der Waals surface area contributed by atoms with Gasteiger partial charge in [-0.05, 0) is 79.5 Å². The number of aromatic nitrogens is 1. The van der Waals surface area contributed by atoms with E-state index in [1.807, 2.05) is 0 Å². The van der Waals surface area contributed by atoms with Crippen LogP contribution in [0.15, 0.2) is 204 Å². The Morgan fingerprint density at radius 2 is 1.00 bits per heavy atom. The summed E-state index contributed by atoms with van der Waals surface area (Å²) in [5.74, 6) is 1.52. The summed E-state index contributed by atoms with van der Waals surface area (Å²) < 4.78 is 2.45. The lowest BCUT2D eigenvalue weighted by molar-refractivity contribution is 0.680. The van der Waals surface area contributed by atoms with E-state index in [1.165, 1.54) is 64.9 Å². The van der Waals surface area contributed by atoms with Crippen LogP contribution in [-0.4, -0.2) is 16.2 Å². The minimum absolute atomic E-state index is 0.403. The van der Waals surface area contributed by atoms with Gasteiger partial charge in [-0.2, -0.15) is 0 Å². The molecule has 2 heterocycles. The second-order valence-corrected chi connectivity index (χ2v) is 15.0. The van der Waals surface area contributed by atoms with E-state index < -0.39 is 6.17 Å². The quantitative estimate of drug-likeness (QED) is 0.180. The second-order valence-electron chi connectivity index (χ2n) is 15.0. The molecule has 1 aliphatic heterocycles. The van der Waals surface area contributed by atoms with Crippen LogP contribution in [0.4, 0.5) is 0 Å². The molecule has 0 saturated heterocycles. The van der Waals surface area contributed by atoms with Gasteiger partial charge >= 0.3 is 0 Å². The molecule has 4 nitrogen and oxygen atoms in total. The zero-order valence-corrected chi connectivity index (χ0v) is 30.9. The highest BCUT2D eigenvalue weighted by atomic mass is 15.2. The van der Waals surface area contributed by atoms with E-state index in [0.29, 0.717) is 5.84 Å². The van der Waals surface area contributed by atoms with Gasteiger partial charge in [-0.3, -0.25) is 0 Å². The molecule has 0 spiro atoms. The van der Waals surface area contributed by atoms with Crippen LogP contribution in [0, 0.1) is 0 Å². The van der Waals surface area contributed by atoms with Gasteiger partial charge in [0.15, 0.2) is 5.84 Å². The molecule has 57 heavy (non-hydrogen) atoms. The fourth-order valence-electron chi connectivity index (χ4n) is 9.18. The van der Waals surface area contributed by atoms with Crippen molar-refractivity contribution in [1.82, 2.24) is 9.88 Å². The third kappa shape index (κ3) is 4.94. The van der Waals surface area contributed by atoms with E-state index in [-0.39, 0.29) is 0 Å². The number of rotatable bonds is 4. The van der Waals surface area contributed by atoms with Crippen molar-refractivity contribution in [2.24, 2.45) is 9.98 Å². The van der Waals surface area contributed by atoms with Crippen LogP contribution < -0.4 is 5.32 Å². The first-order valence-corrected chi connectivity index (χ1v) is 19.5. The largest absolute Gasteiger partial charge is 0.344 e. The third-order valence-electron chi connectivity index (χ3n) is 11.8. The lowest BCUT2D eigenvalue weighted by Crippen LogP contribution is -2.33. The topological polar surface area (TPSA) is 41.7 Å². The van der Waals surface area contributed by atoms with Crippen LogP contribution in [0.5, 0.6) is 0 Å². The van der Waals surface area contributed by atoms with E-state index in [4.69, 9.17) is 9.98 Å². The van der Waals surface area contributed by atoms with Gasteiger partial charge in [0, 0.05) is 43.9 Å². The smallest absolute Gasteiger partial charge is 0.159 e. The van der Waals surface area contributed by atoms with E-state index in [2.05, 4.69) is 204 Å². The Hall–Kier alpha value is -7.56. The standard InChI is InChI=1S/C53H34N4/c1-2-18-39(19-3-1)57-47-25-13-12-24-44(47)49-48-42-22-10-8-20-40(42)46(32-45(48)41-21-9-11-23-43(41)50(49)57)53-55-51(37-28-26-33-14-4-6-16-35(33)30-37)54-52(56-53)38-29-27-34-15-5-7-17-36(34)31-38/h1-32,53H,(H,54,55,56). The molecule has 0 fully saturated rings. The molecule has 12 rings (SSSR count). The number of para-hydroxylation sites is 2. The fourth-order valence-corrected chi connectivity index (χ4v) is 9.18. The summed E-state index contributed by atoms with van der Waals surface area (Å²) in [6.45, 7) is 0. The third-order valence-corrected chi connectivity index (χ3v) is 11.8. The normalized spacial score (nSPS) is 14.5. The summed E-state index contributed by atoms with van der Waals surface area (Å²) in [6, 6.07) is 69.8. The summed E-state index contributed by atoms with van der Waals surface area (Å²) in [5, 5.41) is 18.3. The average molecular weight is 727 g/mol. The van der Waals surface area contributed by atoms with Crippen molar-refractivity contribution >= 4 is 87.3 Å². The summed E-state index contributed by atoms with van der Waals surface area (Å²) in [4.78, 5) is 10.7. The highest BCUT2D eigenvalue weighted by Gasteiger charge is 2.26. The van der Waals surface area contributed by atoms with E-state index in [0.717, 1.165) is 39.0 Å². The van der Waals surface area contributed by atoms with Crippen molar-refractivity contribution in [2.75, 3.05) is 0 Å². The van der Waals surface area contributed by atoms with Crippen molar-refractivity contribution in [3.63, 3.8) is 0 Å². The molecule has 1 atom stereocenters. The van der Waals surface area contributed by atoms with E-state index in [9.17, 15) is 0 Å². The van der Waals surface area contributed by atoms with Crippen LogP contribution in [0.3, 0.4) is 0 Å². The molecule has 0 bridgehead atoms. The molecule has 4 heteroatoms. The lowest BCUT2D eigenvalue weighted by Gasteiger charge is -2.26. The summed E-state index contributed by atoms with van der Waals surface area (Å²) >= 11 is 0. The van der Waals surface area contributed by atoms with Gasteiger partial charge in [-0.1, -0.05) is 158 Å². The highest BCUT2D eigenvalue weighted by molar-refractivity contribution is 6.37. The zero-order valence-electron chi connectivity index (χ0n) is 30.9. The fraction of sp³-hybridized carbons (Fsp3) is 0.0189. The lowest BCUT2D eigenvalue weighted by atomic mass is 9.89. The Bertz CT molecular complexity index is 3500. The Kier molecular flexibility index (Phi) is 6.96. The molecule has 1 unspecified atom stereocenters. The number of hydrogen-bond donors (Lipinski definition) is 1. The zero-order chi connectivity index (χ0) is 37.5. The van der Waals surface area contributed by atoms with Crippen molar-refractivity contribution in [2.45, 2.75) is 6.17 Å². The van der Waals surface area contributed by atoms with Gasteiger partial charge in [-0.25, -0.2) is 9.98 Å². The number of amidine groups is 2. The summed E-state index contributed by atoms with van der Waals surface area (Å²) in [7, 11) is 0. The molecule has 0 saturated carbocycles. The van der Waals surface area contributed by atoms with Crippen molar-refractivity contribution in [1.29, 1.82) is 0 Å². The Labute approximate surface area is 328 Å². The van der Waals surface area contributed by atoms with Gasteiger partial charge in [0.1, 0.15) is 12.0 Å². The van der Waals surface area contributed by atoms with Crippen LogP contribution in [-0.2, 0) is 0 Å². The minimum atomic E-state index is -0.403. The molecule has 11 aromatic rings. The maximum absolute atomic E-state index is 5.47. The Balaban J connectivity index is 1.16. The maximum Gasteiger partial charge on any atom is 0.159 e.